The van der Waals surface area contributed by atoms with Crippen LogP contribution in [0.5, 0.6) is 0 Å². The van der Waals surface area contributed by atoms with Gasteiger partial charge in [0.05, 0.1) is 11.7 Å². The molecule has 0 radical (unpaired) electrons. The third kappa shape index (κ3) is 3.98. The SMILES string of the molecule is COC(C1CCCCC1)C(O)c1cccc(C(F)(F)F)c1. The van der Waals surface area contributed by atoms with Gasteiger partial charge in [-0.2, -0.15) is 13.2 Å². The van der Waals surface area contributed by atoms with Gasteiger partial charge in [-0.05, 0) is 36.5 Å². The molecule has 0 spiro atoms. The third-order valence-electron chi connectivity index (χ3n) is 4.25. The van der Waals surface area contributed by atoms with Gasteiger partial charge in [-0.3, -0.25) is 0 Å². The fraction of sp³-hybridized carbons (Fsp3) is 0.625. The molecular formula is C16H21F3O2. The van der Waals surface area contributed by atoms with Gasteiger partial charge < -0.3 is 9.84 Å². The lowest BCUT2D eigenvalue weighted by Gasteiger charge is -2.32. The number of rotatable bonds is 4. The van der Waals surface area contributed by atoms with Gasteiger partial charge in [-0.15, -0.1) is 0 Å². The molecule has 0 heterocycles. The van der Waals surface area contributed by atoms with E-state index in [2.05, 4.69) is 0 Å². The molecule has 1 aliphatic rings. The van der Waals surface area contributed by atoms with Gasteiger partial charge in [-0.1, -0.05) is 31.4 Å². The van der Waals surface area contributed by atoms with E-state index in [0.29, 0.717) is 0 Å². The van der Waals surface area contributed by atoms with Crippen molar-refractivity contribution in [3.8, 4) is 0 Å². The zero-order valence-corrected chi connectivity index (χ0v) is 12.1. The van der Waals surface area contributed by atoms with E-state index in [-0.39, 0.29) is 11.5 Å². The highest BCUT2D eigenvalue weighted by Gasteiger charge is 2.34. The Labute approximate surface area is 122 Å². The summed E-state index contributed by atoms with van der Waals surface area (Å²) < 4.78 is 43.7. The van der Waals surface area contributed by atoms with Crippen molar-refractivity contribution in [3.05, 3.63) is 35.4 Å². The third-order valence-corrected chi connectivity index (χ3v) is 4.25. The van der Waals surface area contributed by atoms with Gasteiger partial charge in [0.2, 0.25) is 0 Å². The van der Waals surface area contributed by atoms with Crippen LogP contribution in [0.2, 0.25) is 0 Å². The summed E-state index contributed by atoms with van der Waals surface area (Å²) in [6, 6.07) is 4.88. The maximum Gasteiger partial charge on any atom is 0.416 e. The Bertz CT molecular complexity index is 453. The van der Waals surface area contributed by atoms with Crippen molar-refractivity contribution in [2.75, 3.05) is 7.11 Å². The van der Waals surface area contributed by atoms with Crippen LogP contribution < -0.4 is 0 Å². The van der Waals surface area contributed by atoms with Crippen LogP contribution in [0.4, 0.5) is 13.2 Å². The minimum Gasteiger partial charge on any atom is -0.386 e. The summed E-state index contributed by atoms with van der Waals surface area (Å²) in [4.78, 5) is 0. The van der Waals surface area contributed by atoms with Crippen molar-refractivity contribution in [3.63, 3.8) is 0 Å². The zero-order chi connectivity index (χ0) is 15.5. The summed E-state index contributed by atoms with van der Waals surface area (Å²) in [5, 5.41) is 10.4. The highest BCUT2D eigenvalue weighted by molar-refractivity contribution is 5.28. The molecule has 2 unspecified atom stereocenters. The van der Waals surface area contributed by atoms with Crippen LogP contribution in [0.15, 0.2) is 24.3 Å². The maximum absolute atomic E-state index is 12.8. The topological polar surface area (TPSA) is 29.5 Å². The van der Waals surface area contributed by atoms with Crippen molar-refractivity contribution in [2.24, 2.45) is 5.92 Å². The Hall–Kier alpha value is -1.07. The van der Waals surface area contributed by atoms with Crippen molar-refractivity contribution in [2.45, 2.75) is 50.5 Å². The average Bonchev–Trinajstić information content (AvgIpc) is 2.48. The number of methoxy groups -OCH3 is 1. The second kappa shape index (κ2) is 6.79. The molecule has 5 heteroatoms. The van der Waals surface area contributed by atoms with Crippen molar-refractivity contribution in [1.29, 1.82) is 0 Å². The number of ether oxygens (including phenoxy) is 1. The Morgan fingerprint density at radius 2 is 1.86 bits per heavy atom. The van der Waals surface area contributed by atoms with Gasteiger partial charge in [0, 0.05) is 7.11 Å². The summed E-state index contributed by atoms with van der Waals surface area (Å²) >= 11 is 0. The number of benzene rings is 1. The van der Waals surface area contributed by atoms with E-state index in [9.17, 15) is 18.3 Å². The minimum absolute atomic E-state index is 0.202. The standard InChI is InChI=1S/C16H21F3O2/c1-21-15(11-6-3-2-4-7-11)14(20)12-8-5-9-13(10-12)16(17,18)19/h5,8-11,14-15,20H,2-4,6-7H2,1H3. The Morgan fingerprint density at radius 1 is 1.19 bits per heavy atom. The number of aliphatic hydroxyl groups is 1. The molecule has 1 aromatic carbocycles. The number of aliphatic hydroxyl groups excluding tert-OH is 1. The highest BCUT2D eigenvalue weighted by atomic mass is 19.4. The fourth-order valence-electron chi connectivity index (χ4n) is 3.13. The molecule has 1 saturated carbocycles. The lowest BCUT2D eigenvalue weighted by Crippen LogP contribution is -2.31. The second-order valence-electron chi connectivity index (χ2n) is 5.67. The van der Waals surface area contributed by atoms with E-state index < -0.39 is 23.9 Å². The predicted octanol–water partition coefficient (Wildman–Crippen LogP) is 4.33. The monoisotopic (exact) mass is 302 g/mol. The van der Waals surface area contributed by atoms with Crippen LogP contribution in [-0.4, -0.2) is 18.3 Å². The van der Waals surface area contributed by atoms with E-state index in [0.717, 1.165) is 37.8 Å². The largest absolute Gasteiger partial charge is 0.416 e. The molecule has 2 rings (SSSR count). The van der Waals surface area contributed by atoms with Crippen molar-refractivity contribution in [1.82, 2.24) is 0 Å². The van der Waals surface area contributed by atoms with Crippen LogP contribution in [-0.2, 0) is 10.9 Å². The van der Waals surface area contributed by atoms with E-state index in [1.54, 1.807) is 0 Å². The molecule has 0 saturated heterocycles. The first-order valence-electron chi connectivity index (χ1n) is 7.31. The Balaban J connectivity index is 2.18. The first kappa shape index (κ1) is 16.3. The smallest absolute Gasteiger partial charge is 0.386 e. The van der Waals surface area contributed by atoms with Crippen LogP contribution in [0, 0.1) is 5.92 Å². The number of alkyl halides is 3. The van der Waals surface area contributed by atoms with Crippen LogP contribution in [0.3, 0.4) is 0 Å². The minimum atomic E-state index is -4.40. The molecule has 2 nitrogen and oxygen atoms in total. The molecule has 118 valence electrons. The molecule has 2 atom stereocenters. The predicted molar refractivity (Wildman–Crippen MR) is 73.8 cm³/mol. The molecule has 1 aliphatic carbocycles. The molecule has 0 aromatic heterocycles. The molecule has 0 aliphatic heterocycles. The van der Waals surface area contributed by atoms with E-state index >= 15 is 0 Å². The first-order valence-corrected chi connectivity index (χ1v) is 7.31. The number of halogens is 3. The molecule has 0 amide bonds. The molecule has 0 bridgehead atoms. The second-order valence-corrected chi connectivity index (χ2v) is 5.67. The lowest BCUT2D eigenvalue weighted by molar-refractivity contribution is -0.137. The van der Waals surface area contributed by atoms with E-state index in [4.69, 9.17) is 4.74 Å². The highest BCUT2D eigenvalue weighted by Crippen LogP contribution is 2.36. The van der Waals surface area contributed by atoms with Gasteiger partial charge in [-0.25, -0.2) is 0 Å². The van der Waals surface area contributed by atoms with Gasteiger partial charge in [0.15, 0.2) is 0 Å². The number of hydrogen-bond acceptors (Lipinski definition) is 2. The molecule has 1 fully saturated rings. The summed E-state index contributed by atoms with van der Waals surface area (Å²) in [7, 11) is 1.51. The lowest BCUT2D eigenvalue weighted by atomic mass is 9.81. The quantitative estimate of drug-likeness (QED) is 0.897. The summed E-state index contributed by atoms with van der Waals surface area (Å²) in [6.07, 6.45) is -0.632. The molecule has 1 aromatic rings. The van der Waals surface area contributed by atoms with E-state index in [1.165, 1.54) is 25.7 Å². The molecular weight excluding hydrogens is 281 g/mol. The Kier molecular flexibility index (Phi) is 5.27. The summed E-state index contributed by atoms with van der Waals surface area (Å²) in [5.74, 6) is 0.202. The first-order chi connectivity index (χ1) is 9.93. The van der Waals surface area contributed by atoms with Crippen molar-refractivity contribution >= 4 is 0 Å². The maximum atomic E-state index is 12.8. The van der Waals surface area contributed by atoms with Crippen LogP contribution in [0.25, 0.3) is 0 Å². The zero-order valence-electron chi connectivity index (χ0n) is 12.1. The van der Waals surface area contributed by atoms with E-state index in [1.807, 2.05) is 0 Å². The molecule has 1 N–H and O–H groups in total. The van der Waals surface area contributed by atoms with Gasteiger partial charge in [0.1, 0.15) is 6.10 Å². The number of hydrogen-bond donors (Lipinski definition) is 1. The van der Waals surface area contributed by atoms with Crippen LogP contribution >= 0.6 is 0 Å². The van der Waals surface area contributed by atoms with Crippen molar-refractivity contribution < 1.29 is 23.0 Å². The van der Waals surface area contributed by atoms with Crippen LogP contribution in [0.1, 0.15) is 49.3 Å². The summed E-state index contributed by atoms with van der Waals surface area (Å²) in [5.41, 5.74) is -0.472. The normalized spacial score (nSPS) is 20.2. The Morgan fingerprint density at radius 3 is 2.43 bits per heavy atom. The van der Waals surface area contributed by atoms with Gasteiger partial charge >= 0.3 is 6.18 Å². The van der Waals surface area contributed by atoms with Gasteiger partial charge in [0.25, 0.3) is 0 Å². The average molecular weight is 302 g/mol. The molecule has 21 heavy (non-hydrogen) atoms. The fourth-order valence-corrected chi connectivity index (χ4v) is 3.13. The summed E-state index contributed by atoms with van der Waals surface area (Å²) in [6.45, 7) is 0.